The molecule has 0 amide bonds. The molecule has 3 aliphatic rings. The van der Waals surface area contributed by atoms with E-state index in [-0.39, 0.29) is 17.5 Å². The number of hydrogen-bond donors (Lipinski definition) is 0. The molecule has 5 atom stereocenters. The number of allylic oxidation sites excluding steroid dienone is 2. The van der Waals surface area contributed by atoms with Crippen molar-refractivity contribution in [1.29, 1.82) is 0 Å². The second-order valence-electron chi connectivity index (χ2n) is 10.0. The van der Waals surface area contributed by atoms with Crippen molar-refractivity contribution in [2.75, 3.05) is 0 Å². The van der Waals surface area contributed by atoms with Crippen molar-refractivity contribution in [1.82, 2.24) is 0 Å². The van der Waals surface area contributed by atoms with Gasteiger partial charge in [-0.15, -0.1) is 0 Å². The second-order valence-corrected chi connectivity index (χ2v) is 10.0. The minimum Gasteiger partial charge on any atom is -0.298 e. The van der Waals surface area contributed by atoms with Crippen LogP contribution < -0.4 is 0 Å². The Balaban J connectivity index is 1.84. The van der Waals surface area contributed by atoms with Crippen molar-refractivity contribution in [2.24, 2.45) is 11.3 Å². The van der Waals surface area contributed by atoms with Crippen LogP contribution in [0.3, 0.4) is 0 Å². The molecule has 1 fully saturated rings. The summed E-state index contributed by atoms with van der Waals surface area (Å²) in [5, 5.41) is 0. The summed E-state index contributed by atoms with van der Waals surface area (Å²) in [6.45, 7) is 6.30. The van der Waals surface area contributed by atoms with Crippen molar-refractivity contribution in [3.05, 3.63) is 119 Å². The summed E-state index contributed by atoms with van der Waals surface area (Å²) in [7, 11) is 0. The maximum atomic E-state index is 14.5. The SMILES string of the molecule is CC1=CC(=O)C2C3(C)C(=O)C(c4ccccc4)C2(C)C1(c1ccccc1)c1ccccc13. The highest BCUT2D eigenvalue weighted by atomic mass is 16.1. The lowest BCUT2D eigenvalue weighted by atomic mass is 9.40. The van der Waals surface area contributed by atoms with Crippen LogP contribution in [0.15, 0.2) is 96.6 Å². The van der Waals surface area contributed by atoms with Crippen LogP contribution in [-0.4, -0.2) is 11.6 Å². The van der Waals surface area contributed by atoms with Gasteiger partial charge in [-0.05, 0) is 42.2 Å². The van der Waals surface area contributed by atoms with Gasteiger partial charge in [-0.3, -0.25) is 9.59 Å². The molecular weight excluding hydrogens is 392 g/mol. The first-order valence-corrected chi connectivity index (χ1v) is 11.4. The van der Waals surface area contributed by atoms with Gasteiger partial charge in [0.2, 0.25) is 0 Å². The number of rotatable bonds is 2. The van der Waals surface area contributed by atoms with Crippen molar-refractivity contribution >= 4 is 11.6 Å². The predicted molar refractivity (Wildman–Crippen MR) is 126 cm³/mol. The largest absolute Gasteiger partial charge is 0.298 e. The third kappa shape index (κ3) is 1.89. The van der Waals surface area contributed by atoms with Crippen LogP contribution in [0.25, 0.3) is 0 Å². The average Bonchev–Trinajstić information content (AvgIpc) is 2.96. The molecule has 0 spiro atoms. The van der Waals surface area contributed by atoms with E-state index in [2.05, 4.69) is 68.4 Å². The Morgan fingerprint density at radius 1 is 0.719 bits per heavy atom. The molecule has 2 heteroatoms. The van der Waals surface area contributed by atoms with Crippen LogP contribution in [0.2, 0.25) is 0 Å². The smallest absolute Gasteiger partial charge is 0.160 e. The number of carbonyl (C=O) groups is 2. The monoisotopic (exact) mass is 418 g/mol. The normalized spacial score (nSPS) is 34.8. The lowest BCUT2D eigenvalue weighted by Crippen LogP contribution is -2.61. The minimum atomic E-state index is -0.849. The Hall–Kier alpha value is -3.26. The van der Waals surface area contributed by atoms with Gasteiger partial charge in [-0.25, -0.2) is 0 Å². The van der Waals surface area contributed by atoms with Crippen LogP contribution in [0.4, 0.5) is 0 Å². The van der Waals surface area contributed by atoms with Gasteiger partial charge in [0, 0.05) is 16.7 Å². The van der Waals surface area contributed by atoms with Crippen LogP contribution in [0.1, 0.15) is 48.9 Å². The molecule has 0 saturated heterocycles. The zero-order valence-corrected chi connectivity index (χ0v) is 18.6. The lowest BCUT2D eigenvalue weighted by molar-refractivity contribution is -0.129. The average molecular weight is 419 g/mol. The van der Waals surface area contributed by atoms with E-state index < -0.39 is 22.2 Å². The molecule has 0 aliphatic heterocycles. The van der Waals surface area contributed by atoms with Gasteiger partial charge in [0.25, 0.3) is 0 Å². The van der Waals surface area contributed by atoms with Gasteiger partial charge in [0.1, 0.15) is 0 Å². The zero-order chi connectivity index (χ0) is 22.3. The first kappa shape index (κ1) is 19.4. The Labute approximate surface area is 189 Å². The molecule has 2 nitrogen and oxygen atoms in total. The van der Waals surface area contributed by atoms with Crippen LogP contribution in [-0.2, 0) is 20.4 Å². The van der Waals surface area contributed by atoms with Crippen molar-refractivity contribution in [2.45, 2.75) is 37.5 Å². The molecular formula is C30H26O2. The van der Waals surface area contributed by atoms with E-state index >= 15 is 0 Å². The Bertz CT molecular complexity index is 1300. The molecule has 0 aromatic heterocycles. The highest BCUT2D eigenvalue weighted by molar-refractivity contribution is 6.11. The first-order valence-electron chi connectivity index (χ1n) is 11.4. The third-order valence-corrected chi connectivity index (χ3v) is 8.82. The maximum Gasteiger partial charge on any atom is 0.160 e. The summed E-state index contributed by atoms with van der Waals surface area (Å²) in [4.78, 5) is 28.2. The Morgan fingerprint density at radius 2 is 1.28 bits per heavy atom. The van der Waals surface area contributed by atoms with Crippen LogP contribution >= 0.6 is 0 Å². The minimum absolute atomic E-state index is 0.0836. The highest BCUT2D eigenvalue weighted by Crippen LogP contribution is 2.75. The van der Waals surface area contributed by atoms with Crippen molar-refractivity contribution in [3.63, 3.8) is 0 Å². The van der Waals surface area contributed by atoms with E-state index in [1.54, 1.807) is 0 Å². The summed E-state index contributed by atoms with van der Waals surface area (Å²) in [6.07, 6.45) is 1.83. The fraction of sp³-hybridized carbons (Fsp3) is 0.267. The van der Waals surface area contributed by atoms with E-state index in [9.17, 15) is 9.59 Å². The van der Waals surface area contributed by atoms with Crippen molar-refractivity contribution < 1.29 is 9.59 Å². The molecule has 4 bridgehead atoms. The molecule has 3 aromatic carbocycles. The van der Waals surface area contributed by atoms with E-state index in [1.165, 1.54) is 5.56 Å². The van der Waals surface area contributed by atoms with E-state index in [4.69, 9.17) is 0 Å². The van der Waals surface area contributed by atoms with Crippen LogP contribution in [0, 0.1) is 11.3 Å². The molecule has 3 aliphatic carbocycles. The van der Waals surface area contributed by atoms with Gasteiger partial charge in [-0.1, -0.05) is 97.4 Å². The molecule has 158 valence electrons. The second kappa shape index (κ2) is 6.16. The lowest BCUT2D eigenvalue weighted by Gasteiger charge is -2.60. The summed E-state index contributed by atoms with van der Waals surface area (Å²) in [5.41, 5.74) is 3.33. The van der Waals surface area contributed by atoms with E-state index in [0.29, 0.717) is 0 Å². The Kier molecular flexibility index (Phi) is 3.74. The first-order chi connectivity index (χ1) is 15.4. The third-order valence-electron chi connectivity index (χ3n) is 8.82. The van der Waals surface area contributed by atoms with Gasteiger partial charge < -0.3 is 0 Å². The fourth-order valence-electron chi connectivity index (χ4n) is 7.90. The predicted octanol–water partition coefficient (Wildman–Crippen LogP) is 5.76. The number of carbonyl (C=O) groups excluding carboxylic acids is 2. The molecule has 3 aromatic rings. The van der Waals surface area contributed by atoms with Gasteiger partial charge in [0.15, 0.2) is 11.6 Å². The summed E-state index contributed by atoms with van der Waals surface area (Å²) in [5.74, 6) is -0.538. The quantitative estimate of drug-likeness (QED) is 0.530. The van der Waals surface area contributed by atoms with Gasteiger partial charge in [0.05, 0.1) is 11.3 Å². The molecule has 0 N–H and O–H groups in total. The van der Waals surface area contributed by atoms with Gasteiger partial charge >= 0.3 is 0 Å². The zero-order valence-electron chi connectivity index (χ0n) is 18.6. The topological polar surface area (TPSA) is 34.1 Å². The van der Waals surface area contributed by atoms with Crippen molar-refractivity contribution in [3.8, 4) is 0 Å². The maximum absolute atomic E-state index is 14.5. The summed E-state index contributed by atoms with van der Waals surface area (Å²) in [6, 6.07) is 28.9. The number of Topliss-reactive ketones (excluding diaryl/α,β-unsaturated/α-hetero) is 1. The number of benzene rings is 3. The molecule has 32 heavy (non-hydrogen) atoms. The number of hydrogen-bond acceptors (Lipinski definition) is 2. The highest BCUT2D eigenvalue weighted by Gasteiger charge is 2.78. The standard InChI is InChI=1S/C30H26O2/c1-19-18-24(31)26-28(2)22-16-10-11-17-23(22)30(19,21-14-8-5-9-15-21)29(26,3)25(27(28)32)20-12-6-4-7-13-20/h4-18,25-26H,1-3H3. The Morgan fingerprint density at radius 3 is 1.94 bits per heavy atom. The van der Waals surface area contributed by atoms with Crippen LogP contribution in [0.5, 0.6) is 0 Å². The van der Waals surface area contributed by atoms with E-state index in [0.717, 1.165) is 22.3 Å². The molecule has 1 saturated carbocycles. The molecule has 5 unspecified atom stereocenters. The number of fused-ring (bicyclic) bond motifs is 3. The van der Waals surface area contributed by atoms with Gasteiger partial charge in [-0.2, -0.15) is 0 Å². The molecule has 0 heterocycles. The molecule has 0 radical (unpaired) electrons. The van der Waals surface area contributed by atoms with E-state index in [1.807, 2.05) is 43.3 Å². The summed E-state index contributed by atoms with van der Waals surface area (Å²) >= 11 is 0. The summed E-state index contributed by atoms with van der Waals surface area (Å²) < 4.78 is 0. The number of ketones is 2. The molecule has 6 rings (SSSR count). The fourth-order valence-corrected chi connectivity index (χ4v) is 7.90.